The number of hydrogen-bond donors (Lipinski definition) is 1. The number of anilines is 2. The number of fused-ring (bicyclic) bond motifs is 1. The zero-order valence-corrected chi connectivity index (χ0v) is 12.7. The highest BCUT2D eigenvalue weighted by atomic mass is 16.5. The van der Waals surface area contributed by atoms with E-state index in [4.69, 9.17) is 4.74 Å². The maximum atomic E-state index is 11.6. The first-order valence-corrected chi connectivity index (χ1v) is 6.96. The number of pyridine rings is 2. The van der Waals surface area contributed by atoms with Crippen LogP contribution in [0, 0.1) is 0 Å². The van der Waals surface area contributed by atoms with E-state index < -0.39 is 5.97 Å². The van der Waals surface area contributed by atoms with E-state index in [1.165, 1.54) is 7.11 Å². The van der Waals surface area contributed by atoms with Gasteiger partial charge in [-0.05, 0) is 42.5 Å². The minimum Gasteiger partial charge on any atom is -0.497 e. The van der Waals surface area contributed by atoms with Crippen molar-refractivity contribution >= 4 is 28.4 Å². The van der Waals surface area contributed by atoms with E-state index in [2.05, 4.69) is 20.0 Å². The highest BCUT2D eigenvalue weighted by Gasteiger charge is 2.10. The molecule has 0 bridgehead atoms. The number of nitrogens with one attached hydrogen (secondary N) is 1. The average Bonchev–Trinajstić information content (AvgIpc) is 2.61. The lowest BCUT2D eigenvalue weighted by Gasteiger charge is -2.10. The van der Waals surface area contributed by atoms with Crippen LogP contribution < -0.4 is 10.1 Å². The van der Waals surface area contributed by atoms with Crippen molar-refractivity contribution in [3.8, 4) is 5.75 Å². The van der Waals surface area contributed by atoms with E-state index >= 15 is 0 Å². The first-order valence-electron chi connectivity index (χ1n) is 6.96. The summed E-state index contributed by atoms with van der Waals surface area (Å²) in [7, 11) is 2.95. The molecule has 2 aromatic heterocycles. The van der Waals surface area contributed by atoms with Crippen LogP contribution in [0.2, 0.25) is 0 Å². The maximum Gasteiger partial charge on any atom is 0.356 e. The molecule has 6 nitrogen and oxygen atoms in total. The van der Waals surface area contributed by atoms with E-state index in [1.807, 2.05) is 30.3 Å². The smallest absolute Gasteiger partial charge is 0.356 e. The van der Waals surface area contributed by atoms with E-state index in [0.717, 1.165) is 22.5 Å². The lowest BCUT2D eigenvalue weighted by atomic mass is 10.2. The molecule has 0 spiro atoms. The average molecular weight is 309 g/mol. The predicted molar refractivity (Wildman–Crippen MR) is 87.2 cm³/mol. The van der Waals surface area contributed by atoms with Crippen molar-refractivity contribution in [1.82, 2.24) is 9.97 Å². The fourth-order valence-corrected chi connectivity index (χ4v) is 2.19. The summed E-state index contributed by atoms with van der Waals surface area (Å²) >= 11 is 0. The zero-order valence-electron chi connectivity index (χ0n) is 12.7. The third kappa shape index (κ3) is 3.06. The molecule has 0 unspecified atom stereocenters. The van der Waals surface area contributed by atoms with Gasteiger partial charge in [0.25, 0.3) is 0 Å². The van der Waals surface area contributed by atoms with Gasteiger partial charge in [0.05, 0.1) is 19.9 Å². The van der Waals surface area contributed by atoms with Crippen LogP contribution in [0.1, 0.15) is 10.5 Å². The molecule has 0 fully saturated rings. The van der Waals surface area contributed by atoms with Crippen molar-refractivity contribution in [2.24, 2.45) is 0 Å². The van der Waals surface area contributed by atoms with Gasteiger partial charge in [-0.3, -0.25) is 0 Å². The van der Waals surface area contributed by atoms with E-state index in [0.29, 0.717) is 5.65 Å². The minimum atomic E-state index is -0.484. The van der Waals surface area contributed by atoms with Gasteiger partial charge < -0.3 is 14.8 Å². The Labute approximate surface area is 133 Å². The largest absolute Gasteiger partial charge is 0.497 e. The van der Waals surface area contributed by atoms with Gasteiger partial charge in [-0.25, -0.2) is 14.8 Å². The molecule has 1 N–H and O–H groups in total. The third-order valence-corrected chi connectivity index (χ3v) is 3.37. The normalized spacial score (nSPS) is 10.3. The van der Waals surface area contributed by atoms with Gasteiger partial charge in [-0.2, -0.15) is 0 Å². The molecular weight excluding hydrogens is 294 g/mol. The number of carbonyl (C=O) groups excluding carboxylic acids is 1. The molecule has 0 saturated carbocycles. The Hall–Kier alpha value is -3.15. The van der Waals surface area contributed by atoms with Gasteiger partial charge in [0.2, 0.25) is 0 Å². The summed E-state index contributed by atoms with van der Waals surface area (Å²) in [6, 6.07) is 12.9. The van der Waals surface area contributed by atoms with Crippen LogP contribution in [0.3, 0.4) is 0 Å². The summed E-state index contributed by atoms with van der Waals surface area (Å²) in [4.78, 5) is 20.0. The van der Waals surface area contributed by atoms with Gasteiger partial charge in [0.15, 0.2) is 11.3 Å². The highest BCUT2D eigenvalue weighted by molar-refractivity contribution is 5.95. The SMILES string of the molecule is COC(=O)c1ccc2c(Nc3ccc(OC)cc3)ccnc2n1. The number of rotatable bonds is 4. The molecule has 3 rings (SSSR count). The van der Waals surface area contributed by atoms with Gasteiger partial charge in [0.1, 0.15) is 5.75 Å². The fourth-order valence-electron chi connectivity index (χ4n) is 2.19. The summed E-state index contributed by atoms with van der Waals surface area (Å²) in [6.45, 7) is 0. The molecule has 0 amide bonds. The zero-order chi connectivity index (χ0) is 16.2. The first kappa shape index (κ1) is 14.8. The van der Waals surface area contributed by atoms with Crippen molar-refractivity contribution in [2.45, 2.75) is 0 Å². The van der Waals surface area contributed by atoms with Gasteiger partial charge >= 0.3 is 5.97 Å². The molecule has 116 valence electrons. The summed E-state index contributed by atoms with van der Waals surface area (Å²) in [6.07, 6.45) is 1.64. The molecule has 2 heterocycles. The second kappa shape index (κ2) is 6.31. The van der Waals surface area contributed by atoms with Crippen LogP contribution in [-0.2, 0) is 4.74 Å². The monoisotopic (exact) mass is 309 g/mol. The van der Waals surface area contributed by atoms with Crippen LogP contribution in [0.4, 0.5) is 11.4 Å². The van der Waals surface area contributed by atoms with Gasteiger partial charge in [-0.15, -0.1) is 0 Å². The number of hydrogen-bond acceptors (Lipinski definition) is 6. The Morgan fingerprint density at radius 2 is 1.83 bits per heavy atom. The van der Waals surface area contributed by atoms with Crippen molar-refractivity contribution in [3.05, 3.63) is 54.4 Å². The number of ether oxygens (including phenoxy) is 2. The number of aromatic nitrogens is 2. The third-order valence-electron chi connectivity index (χ3n) is 3.37. The lowest BCUT2D eigenvalue weighted by Crippen LogP contribution is -2.05. The number of methoxy groups -OCH3 is 2. The first-order chi connectivity index (χ1) is 11.2. The highest BCUT2D eigenvalue weighted by Crippen LogP contribution is 2.25. The number of benzene rings is 1. The molecule has 6 heteroatoms. The molecule has 3 aromatic rings. The maximum absolute atomic E-state index is 11.6. The number of carbonyl (C=O) groups is 1. The van der Waals surface area contributed by atoms with E-state index in [1.54, 1.807) is 25.4 Å². The second-order valence-electron chi connectivity index (χ2n) is 4.77. The molecule has 0 radical (unpaired) electrons. The molecule has 1 aromatic carbocycles. The number of nitrogens with zero attached hydrogens (tertiary/aromatic N) is 2. The van der Waals surface area contributed by atoms with Crippen LogP contribution in [-0.4, -0.2) is 30.2 Å². The van der Waals surface area contributed by atoms with Crippen molar-refractivity contribution in [2.75, 3.05) is 19.5 Å². The fraction of sp³-hybridized carbons (Fsp3) is 0.118. The van der Waals surface area contributed by atoms with Crippen molar-refractivity contribution in [3.63, 3.8) is 0 Å². The number of esters is 1. The summed E-state index contributed by atoms with van der Waals surface area (Å²) in [5.41, 5.74) is 2.47. The molecule has 0 saturated heterocycles. The predicted octanol–water partition coefficient (Wildman–Crippen LogP) is 3.17. The van der Waals surface area contributed by atoms with E-state index in [-0.39, 0.29) is 5.69 Å². The quantitative estimate of drug-likeness (QED) is 0.746. The molecule has 0 aliphatic heterocycles. The van der Waals surface area contributed by atoms with Crippen LogP contribution in [0.15, 0.2) is 48.7 Å². The minimum absolute atomic E-state index is 0.231. The second-order valence-corrected chi connectivity index (χ2v) is 4.77. The molecule has 23 heavy (non-hydrogen) atoms. The summed E-state index contributed by atoms with van der Waals surface area (Å²) in [5.74, 6) is 0.307. The Balaban J connectivity index is 1.95. The van der Waals surface area contributed by atoms with Crippen LogP contribution >= 0.6 is 0 Å². The van der Waals surface area contributed by atoms with Crippen molar-refractivity contribution < 1.29 is 14.3 Å². The van der Waals surface area contributed by atoms with E-state index in [9.17, 15) is 4.79 Å². The topological polar surface area (TPSA) is 73.3 Å². The molecule has 0 aliphatic rings. The van der Waals surface area contributed by atoms with Gasteiger partial charge in [-0.1, -0.05) is 0 Å². The Morgan fingerprint density at radius 1 is 1.04 bits per heavy atom. The summed E-state index contributed by atoms with van der Waals surface area (Å²) in [5, 5.41) is 4.12. The van der Waals surface area contributed by atoms with Crippen LogP contribution in [0.5, 0.6) is 5.75 Å². The Morgan fingerprint density at radius 3 is 2.52 bits per heavy atom. The molecular formula is C17H15N3O3. The molecule has 0 aliphatic carbocycles. The van der Waals surface area contributed by atoms with Crippen molar-refractivity contribution in [1.29, 1.82) is 0 Å². The van der Waals surface area contributed by atoms with Crippen LogP contribution in [0.25, 0.3) is 11.0 Å². The molecule has 0 atom stereocenters. The standard InChI is InChI=1S/C17H15N3O3/c1-22-12-5-3-11(4-6-12)19-14-9-10-18-16-13(14)7-8-15(20-16)17(21)23-2/h3-10H,1-2H3,(H,18,19,20). The summed E-state index contributed by atoms with van der Waals surface area (Å²) < 4.78 is 9.82. The van der Waals surface area contributed by atoms with Gasteiger partial charge in [0, 0.05) is 17.3 Å². The Bertz CT molecular complexity index is 847. The lowest BCUT2D eigenvalue weighted by molar-refractivity contribution is 0.0594. The Kier molecular flexibility index (Phi) is 4.05.